The molecular formula is C14H21NO4S. The molecule has 1 aromatic carbocycles. The molecule has 1 heterocycles. The van der Waals surface area contributed by atoms with Crippen molar-refractivity contribution in [3.8, 4) is 0 Å². The van der Waals surface area contributed by atoms with Gasteiger partial charge in [-0.1, -0.05) is 12.1 Å². The van der Waals surface area contributed by atoms with Gasteiger partial charge in [0.05, 0.1) is 17.1 Å². The maximum absolute atomic E-state index is 12.6. The second-order valence-electron chi connectivity index (χ2n) is 5.20. The first-order valence-corrected chi connectivity index (χ1v) is 8.23. The van der Waals surface area contributed by atoms with Gasteiger partial charge in [-0.05, 0) is 38.0 Å². The number of sulfonamides is 1. The van der Waals surface area contributed by atoms with Crippen LogP contribution in [0.5, 0.6) is 0 Å². The van der Waals surface area contributed by atoms with Crippen LogP contribution in [0.3, 0.4) is 0 Å². The summed E-state index contributed by atoms with van der Waals surface area (Å²) in [6.07, 6.45) is 0.343. The standard InChI is InChI=1S/C14H21NO4S/c1-11-9-15(10-12(2)19-11)20(17,18)14-5-3-13(4-6-14)7-8-16/h3-6,11-12,16H,7-10H2,1-2H3/t11-,12+. The lowest BCUT2D eigenvalue weighted by Gasteiger charge is -2.34. The van der Waals surface area contributed by atoms with Crippen molar-refractivity contribution in [3.05, 3.63) is 29.8 Å². The van der Waals surface area contributed by atoms with Crippen LogP contribution in [0.1, 0.15) is 19.4 Å². The number of benzene rings is 1. The molecule has 1 aliphatic heterocycles. The highest BCUT2D eigenvalue weighted by atomic mass is 32.2. The predicted octanol–water partition coefficient (Wildman–Crippen LogP) is 1.02. The number of hydrogen-bond acceptors (Lipinski definition) is 4. The largest absolute Gasteiger partial charge is 0.396 e. The van der Waals surface area contributed by atoms with Crippen LogP contribution in [-0.2, 0) is 21.2 Å². The quantitative estimate of drug-likeness (QED) is 0.901. The molecule has 2 rings (SSSR count). The van der Waals surface area contributed by atoms with Gasteiger partial charge >= 0.3 is 0 Å². The molecule has 1 aliphatic rings. The smallest absolute Gasteiger partial charge is 0.243 e. The van der Waals surface area contributed by atoms with Crippen molar-refractivity contribution >= 4 is 10.0 Å². The highest BCUT2D eigenvalue weighted by Gasteiger charge is 2.31. The Morgan fingerprint density at radius 2 is 1.75 bits per heavy atom. The number of morpholine rings is 1. The minimum atomic E-state index is -3.47. The van der Waals surface area contributed by atoms with Gasteiger partial charge in [0.15, 0.2) is 0 Å². The zero-order chi connectivity index (χ0) is 14.8. The van der Waals surface area contributed by atoms with Crippen LogP contribution in [-0.4, -0.2) is 49.7 Å². The Labute approximate surface area is 120 Å². The van der Waals surface area contributed by atoms with E-state index in [4.69, 9.17) is 9.84 Å². The maximum atomic E-state index is 12.6. The Hall–Kier alpha value is -0.950. The number of aliphatic hydroxyl groups is 1. The second kappa shape index (κ2) is 6.22. The van der Waals surface area contributed by atoms with Crippen LogP contribution in [0.2, 0.25) is 0 Å². The maximum Gasteiger partial charge on any atom is 0.243 e. The zero-order valence-electron chi connectivity index (χ0n) is 11.8. The molecule has 20 heavy (non-hydrogen) atoms. The van der Waals surface area contributed by atoms with Gasteiger partial charge in [-0.15, -0.1) is 0 Å². The van der Waals surface area contributed by atoms with Gasteiger partial charge < -0.3 is 9.84 Å². The summed E-state index contributed by atoms with van der Waals surface area (Å²) in [5, 5.41) is 8.87. The molecular weight excluding hydrogens is 278 g/mol. The van der Waals surface area contributed by atoms with E-state index in [1.165, 1.54) is 4.31 Å². The van der Waals surface area contributed by atoms with Crippen molar-refractivity contribution in [3.63, 3.8) is 0 Å². The van der Waals surface area contributed by atoms with Gasteiger partial charge in [-0.2, -0.15) is 4.31 Å². The fraction of sp³-hybridized carbons (Fsp3) is 0.571. The summed E-state index contributed by atoms with van der Waals surface area (Å²) < 4.78 is 32.2. The molecule has 112 valence electrons. The van der Waals surface area contributed by atoms with Crippen molar-refractivity contribution < 1.29 is 18.3 Å². The van der Waals surface area contributed by atoms with Gasteiger partial charge in [0.25, 0.3) is 0 Å². The molecule has 1 saturated heterocycles. The number of aliphatic hydroxyl groups excluding tert-OH is 1. The molecule has 0 amide bonds. The van der Waals surface area contributed by atoms with E-state index >= 15 is 0 Å². The van der Waals surface area contributed by atoms with Crippen LogP contribution in [0.4, 0.5) is 0 Å². The van der Waals surface area contributed by atoms with Crippen LogP contribution in [0.15, 0.2) is 29.2 Å². The molecule has 5 nitrogen and oxygen atoms in total. The first-order valence-electron chi connectivity index (χ1n) is 6.79. The van der Waals surface area contributed by atoms with Crippen LogP contribution in [0.25, 0.3) is 0 Å². The summed E-state index contributed by atoms with van der Waals surface area (Å²) in [5.41, 5.74) is 0.926. The number of rotatable bonds is 4. The summed E-state index contributed by atoms with van der Waals surface area (Å²) in [7, 11) is -3.47. The summed E-state index contributed by atoms with van der Waals surface area (Å²) in [6.45, 7) is 4.58. The van der Waals surface area contributed by atoms with Crippen LogP contribution < -0.4 is 0 Å². The molecule has 6 heteroatoms. The fourth-order valence-corrected chi connectivity index (χ4v) is 4.02. The number of nitrogens with zero attached hydrogens (tertiary/aromatic N) is 1. The second-order valence-corrected chi connectivity index (χ2v) is 7.13. The van der Waals surface area contributed by atoms with Crippen molar-refractivity contribution in [2.45, 2.75) is 37.4 Å². The monoisotopic (exact) mass is 299 g/mol. The van der Waals surface area contributed by atoms with Crippen molar-refractivity contribution in [1.29, 1.82) is 0 Å². The Kier molecular flexibility index (Phi) is 4.80. The molecule has 0 spiro atoms. The highest BCUT2D eigenvalue weighted by molar-refractivity contribution is 7.89. The zero-order valence-corrected chi connectivity index (χ0v) is 12.6. The Morgan fingerprint density at radius 3 is 2.25 bits per heavy atom. The van der Waals surface area contributed by atoms with E-state index in [9.17, 15) is 8.42 Å². The SMILES string of the molecule is C[C@@H]1CN(S(=O)(=O)c2ccc(CCO)cc2)C[C@H](C)O1. The van der Waals surface area contributed by atoms with Crippen molar-refractivity contribution in [2.75, 3.05) is 19.7 Å². The van der Waals surface area contributed by atoms with Gasteiger partial charge in [-0.25, -0.2) is 8.42 Å². The Bertz CT molecular complexity index is 531. The van der Waals surface area contributed by atoms with E-state index in [0.29, 0.717) is 24.4 Å². The lowest BCUT2D eigenvalue weighted by atomic mass is 10.2. The summed E-state index contributed by atoms with van der Waals surface area (Å²) >= 11 is 0. The fourth-order valence-electron chi connectivity index (χ4n) is 2.43. The predicted molar refractivity (Wildman–Crippen MR) is 76.0 cm³/mol. The van der Waals surface area contributed by atoms with E-state index in [1.807, 2.05) is 13.8 Å². The molecule has 0 bridgehead atoms. The van der Waals surface area contributed by atoms with E-state index in [2.05, 4.69) is 0 Å². The van der Waals surface area contributed by atoms with Gasteiger partial charge in [0, 0.05) is 19.7 Å². The molecule has 1 N–H and O–H groups in total. The average molecular weight is 299 g/mol. The third-order valence-corrected chi connectivity index (χ3v) is 5.19. The summed E-state index contributed by atoms with van der Waals surface area (Å²) in [4.78, 5) is 0.292. The molecule has 0 aliphatic carbocycles. The molecule has 0 unspecified atom stereocenters. The first-order chi connectivity index (χ1) is 9.43. The summed E-state index contributed by atoms with van der Waals surface area (Å²) in [5.74, 6) is 0. The Morgan fingerprint density at radius 1 is 1.20 bits per heavy atom. The van der Waals surface area contributed by atoms with E-state index in [-0.39, 0.29) is 18.8 Å². The van der Waals surface area contributed by atoms with E-state index < -0.39 is 10.0 Å². The third kappa shape index (κ3) is 3.38. The topological polar surface area (TPSA) is 66.8 Å². The van der Waals surface area contributed by atoms with E-state index in [1.54, 1.807) is 24.3 Å². The molecule has 0 saturated carbocycles. The van der Waals surface area contributed by atoms with Crippen molar-refractivity contribution in [1.82, 2.24) is 4.31 Å². The molecule has 1 fully saturated rings. The molecule has 1 aromatic rings. The van der Waals surface area contributed by atoms with E-state index in [0.717, 1.165) is 5.56 Å². The van der Waals surface area contributed by atoms with Crippen LogP contribution in [0, 0.1) is 0 Å². The third-order valence-electron chi connectivity index (χ3n) is 3.35. The van der Waals surface area contributed by atoms with Crippen LogP contribution >= 0.6 is 0 Å². The lowest BCUT2D eigenvalue weighted by Crippen LogP contribution is -2.48. The average Bonchev–Trinajstić information content (AvgIpc) is 2.38. The minimum Gasteiger partial charge on any atom is -0.396 e. The lowest BCUT2D eigenvalue weighted by molar-refractivity contribution is -0.0440. The first kappa shape index (κ1) is 15.4. The molecule has 2 atom stereocenters. The van der Waals surface area contributed by atoms with Gasteiger partial charge in [0.2, 0.25) is 10.0 Å². The normalized spacial score (nSPS) is 24.8. The van der Waals surface area contributed by atoms with Gasteiger partial charge in [-0.3, -0.25) is 0 Å². The summed E-state index contributed by atoms with van der Waals surface area (Å²) in [6, 6.07) is 6.70. The highest BCUT2D eigenvalue weighted by Crippen LogP contribution is 2.21. The molecule has 0 radical (unpaired) electrons. The van der Waals surface area contributed by atoms with Crippen molar-refractivity contribution in [2.24, 2.45) is 0 Å². The number of ether oxygens (including phenoxy) is 1. The minimum absolute atomic E-state index is 0.0601. The molecule has 0 aromatic heterocycles. The Balaban J connectivity index is 2.21. The van der Waals surface area contributed by atoms with Gasteiger partial charge in [0.1, 0.15) is 0 Å². The number of hydrogen-bond donors (Lipinski definition) is 1.